The van der Waals surface area contributed by atoms with Crippen molar-refractivity contribution < 1.29 is 9.47 Å². The van der Waals surface area contributed by atoms with Crippen LogP contribution in [0.25, 0.3) is 0 Å². The van der Waals surface area contributed by atoms with Gasteiger partial charge in [0.05, 0.1) is 20.3 Å². The SMILES string of the molecule is CNC(c1ccc(Cl)cc1OC)c1nccnc1OC. The van der Waals surface area contributed by atoms with Crippen LogP contribution in [0.2, 0.25) is 5.02 Å². The highest BCUT2D eigenvalue weighted by molar-refractivity contribution is 6.30. The standard InChI is InChI=1S/C14H16ClN3O2/c1-16-12(13-14(20-3)18-7-6-17-13)10-5-4-9(15)8-11(10)19-2/h4-8,12,16H,1-3H3. The van der Waals surface area contributed by atoms with Crippen LogP contribution in [0.5, 0.6) is 11.6 Å². The highest BCUT2D eigenvalue weighted by Gasteiger charge is 2.22. The summed E-state index contributed by atoms with van der Waals surface area (Å²) in [4.78, 5) is 8.53. The van der Waals surface area contributed by atoms with E-state index in [2.05, 4.69) is 15.3 Å². The summed E-state index contributed by atoms with van der Waals surface area (Å²) >= 11 is 5.99. The van der Waals surface area contributed by atoms with E-state index in [4.69, 9.17) is 21.1 Å². The molecular weight excluding hydrogens is 278 g/mol. The highest BCUT2D eigenvalue weighted by atomic mass is 35.5. The van der Waals surface area contributed by atoms with Gasteiger partial charge < -0.3 is 14.8 Å². The molecule has 0 aliphatic carbocycles. The number of rotatable bonds is 5. The summed E-state index contributed by atoms with van der Waals surface area (Å²) in [7, 11) is 5.02. The minimum atomic E-state index is -0.203. The summed E-state index contributed by atoms with van der Waals surface area (Å²) in [5.74, 6) is 1.16. The fraction of sp³-hybridized carbons (Fsp3) is 0.286. The topological polar surface area (TPSA) is 56.3 Å². The van der Waals surface area contributed by atoms with E-state index in [1.165, 1.54) is 0 Å². The molecule has 0 aliphatic rings. The monoisotopic (exact) mass is 293 g/mol. The minimum Gasteiger partial charge on any atom is -0.496 e. The van der Waals surface area contributed by atoms with E-state index in [1.54, 1.807) is 32.7 Å². The van der Waals surface area contributed by atoms with Crippen molar-refractivity contribution >= 4 is 11.6 Å². The van der Waals surface area contributed by atoms with Gasteiger partial charge >= 0.3 is 0 Å². The molecule has 6 heteroatoms. The number of hydrogen-bond acceptors (Lipinski definition) is 5. The van der Waals surface area contributed by atoms with Gasteiger partial charge in [-0.05, 0) is 19.2 Å². The number of methoxy groups -OCH3 is 2. The van der Waals surface area contributed by atoms with E-state index < -0.39 is 0 Å². The number of aromatic nitrogens is 2. The molecule has 0 saturated carbocycles. The normalized spacial score (nSPS) is 12.0. The van der Waals surface area contributed by atoms with E-state index in [9.17, 15) is 0 Å². The van der Waals surface area contributed by atoms with Gasteiger partial charge in [-0.3, -0.25) is 4.98 Å². The molecule has 0 radical (unpaired) electrons. The second kappa shape index (κ2) is 6.54. The molecule has 106 valence electrons. The fourth-order valence-electron chi connectivity index (χ4n) is 2.05. The van der Waals surface area contributed by atoms with Crippen LogP contribution in [0.3, 0.4) is 0 Å². The van der Waals surface area contributed by atoms with Crippen LogP contribution in [0.4, 0.5) is 0 Å². The summed E-state index contributed by atoms with van der Waals surface area (Å²) in [5.41, 5.74) is 1.61. The first-order valence-electron chi connectivity index (χ1n) is 6.06. The van der Waals surface area contributed by atoms with Crippen LogP contribution in [-0.2, 0) is 0 Å². The lowest BCUT2D eigenvalue weighted by atomic mass is 10.0. The van der Waals surface area contributed by atoms with Crippen molar-refractivity contribution in [2.45, 2.75) is 6.04 Å². The van der Waals surface area contributed by atoms with Crippen molar-refractivity contribution in [2.75, 3.05) is 21.3 Å². The van der Waals surface area contributed by atoms with Gasteiger partial charge in [-0.15, -0.1) is 0 Å². The van der Waals surface area contributed by atoms with Gasteiger partial charge in [-0.2, -0.15) is 0 Å². The molecule has 1 N–H and O–H groups in total. The Morgan fingerprint density at radius 1 is 1.15 bits per heavy atom. The predicted molar refractivity (Wildman–Crippen MR) is 77.5 cm³/mol. The molecule has 1 aromatic heterocycles. The molecule has 1 heterocycles. The molecule has 1 aromatic carbocycles. The third kappa shape index (κ3) is 2.84. The van der Waals surface area contributed by atoms with Crippen molar-refractivity contribution in [1.82, 2.24) is 15.3 Å². The Balaban J connectivity index is 2.52. The zero-order valence-electron chi connectivity index (χ0n) is 11.6. The number of ether oxygens (including phenoxy) is 2. The number of benzene rings is 1. The Labute approximate surface area is 122 Å². The molecular formula is C14H16ClN3O2. The van der Waals surface area contributed by atoms with Crippen LogP contribution >= 0.6 is 11.6 Å². The maximum absolute atomic E-state index is 5.99. The fourth-order valence-corrected chi connectivity index (χ4v) is 2.22. The number of nitrogens with one attached hydrogen (secondary N) is 1. The number of hydrogen-bond donors (Lipinski definition) is 1. The van der Waals surface area contributed by atoms with Crippen molar-refractivity contribution in [3.05, 3.63) is 46.9 Å². The second-order valence-electron chi connectivity index (χ2n) is 4.06. The lowest BCUT2D eigenvalue weighted by Crippen LogP contribution is -2.20. The smallest absolute Gasteiger partial charge is 0.237 e. The lowest BCUT2D eigenvalue weighted by Gasteiger charge is -2.20. The molecule has 0 saturated heterocycles. The Kier molecular flexibility index (Phi) is 4.76. The average Bonchev–Trinajstić information content (AvgIpc) is 2.49. The first-order valence-corrected chi connectivity index (χ1v) is 6.44. The van der Waals surface area contributed by atoms with Gasteiger partial charge in [-0.1, -0.05) is 17.7 Å². The van der Waals surface area contributed by atoms with E-state index in [1.807, 2.05) is 19.2 Å². The van der Waals surface area contributed by atoms with Crippen LogP contribution in [0, 0.1) is 0 Å². The highest BCUT2D eigenvalue weighted by Crippen LogP contribution is 2.33. The molecule has 20 heavy (non-hydrogen) atoms. The molecule has 0 amide bonds. The average molecular weight is 294 g/mol. The zero-order valence-corrected chi connectivity index (χ0v) is 12.3. The maximum Gasteiger partial charge on any atom is 0.237 e. The van der Waals surface area contributed by atoms with Crippen LogP contribution in [-0.4, -0.2) is 31.2 Å². The molecule has 2 aromatic rings. The molecule has 0 fully saturated rings. The molecule has 2 rings (SSSR count). The van der Waals surface area contributed by atoms with Gasteiger partial charge in [0, 0.05) is 23.0 Å². The van der Waals surface area contributed by atoms with Gasteiger partial charge in [0.25, 0.3) is 0 Å². The molecule has 0 aliphatic heterocycles. The predicted octanol–water partition coefficient (Wildman–Crippen LogP) is 2.46. The first-order chi connectivity index (χ1) is 9.71. The van der Waals surface area contributed by atoms with Crippen LogP contribution in [0.1, 0.15) is 17.3 Å². The Morgan fingerprint density at radius 3 is 2.55 bits per heavy atom. The molecule has 0 bridgehead atoms. The minimum absolute atomic E-state index is 0.203. The molecule has 5 nitrogen and oxygen atoms in total. The summed E-state index contributed by atoms with van der Waals surface area (Å²) in [6.45, 7) is 0. The summed E-state index contributed by atoms with van der Waals surface area (Å²) in [6, 6.07) is 5.28. The van der Waals surface area contributed by atoms with Gasteiger partial charge in [0.2, 0.25) is 5.88 Å². The summed E-state index contributed by atoms with van der Waals surface area (Å²) < 4.78 is 10.7. The second-order valence-corrected chi connectivity index (χ2v) is 4.50. The largest absolute Gasteiger partial charge is 0.496 e. The zero-order chi connectivity index (χ0) is 14.5. The van der Waals surface area contributed by atoms with Crippen molar-refractivity contribution in [1.29, 1.82) is 0 Å². The third-order valence-corrected chi connectivity index (χ3v) is 3.19. The Hall–Kier alpha value is -1.85. The molecule has 1 unspecified atom stereocenters. The summed E-state index contributed by atoms with van der Waals surface area (Å²) in [5, 5.41) is 3.82. The van der Waals surface area contributed by atoms with Gasteiger partial charge in [0.15, 0.2) is 0 Å². The van der Waals surface area contributed by atoms with E-state index >= 15 is 0 Å². The Morgan fingerprint density at radius 2 is 1.90 bits per heavy atom. The Bertz CT molecular complexity index is 592. The maximum atomic E-state index is 5.99. The number of nitrogens with zero attached hydrogens (tertiary/aromatic N) is 2. The van der Waals surface area contributed by atoms with E-state index in [-0.39, 0.29) is 6.04 Å². The molecule has 0 spiro atoms. The number of halogens is 1. The van der Waals surface area contributed by atoms with Crippen LogP contribution < -0.4 is 14.8 Å². The lowest BCUT2D eigenvalue weighted by molar-refractivity contribution is 0.380. The van der Waals surface area contributed by atoms with Crippen molar-refractivity contribution in [3.63, 3.8) is 0 Å². The summed E-state index contributed by atoms with van der Waals surface area (Å²) in [6.07, 6.45) is 3.22. The van der Waals surface area contributed by atoms with Gasteiger partial charge in [-0.25, -0.2) is 4.98 Å². The molecule has 1 atom stereocenters. The third-order valence-electron chi connectivity index (χ3n) is 2.95. The van der Waals surface area contributed by atoms with Crippen LogP contribution in [0.15, 0.2) is 30.6 Å². The van der Waals surface area contributed by atoms with E-state index in [0.29, 0.717) is 22.3 Å². The van der Waals surface area contributed by atoms with Crippen molar-refractivity contribution in [2.24, 2.45) is 0 Å². The van der Waals surface area contributed by atoms with Gasteiger partial charge in [0.1, 0.15) is 11.4 Å². The quantitative estimate of drug-likeness (QED) is 0.918. The van der Waals surface area contributed by atoms with E-state index in [0.717, 1.165) is 5.56 Å². The first kappa shape index (κ1) is 14.6. The van der Waals surface area contributed by atoms with Crippen molar-refractivity contribution in [3.8, 4) is 11.6 Å².